The Morgan fingerprint density at radius 2 is 1.64 bits per heavy atom. The molecule has 0 atom stereocenters. The summed E-state index contributed by atoms with van der Waals surface area (Å²) in [4.78, 5) is 0. The number of allylic oxidation sites excluding steroid dienone is 5. The summed E-state index contributed by atoms with van der Waals surface area (Å²) in [5, 5.41) is 0. The summed E-state index contributed by atoms with van der Waals surface area (Å²) in [6, 6.07) is 18.3. The lowest BCUT2D eigenvalue weighted by Gasteiger charge is -2.08. The maximum Gasteiger partial charge on any atom is 0.0423 e. The van der Waals surface area contributed by atoms with Crippen LogP contribution in [0, 0.1) is 6.92 Å². The van der Waals surface area contributed by atoms with Crippen LogP contribution in [0.3, 0.4) is 0 Å². The normalized spacial score (nSPS) is 15.0. The Labute approximate surface area is 141 Å². The summed E-state index contributed by atoms with van der Waals surface area (Å²) in [6.45, 7) is 2.08. The molecule has 0 saturated carbocycles. The third-order valence-electron chi connectivity index (χ3n) is 3.32. The van der Waals surface area contributed by atoms with Crippen molar-refractivity contribution in [3.8, 4) is 0 Å². The first-order chi connectivity index (χ1) is 10.7. The average Bonchev–Trinajstić information content (AvgIpc) is 2.59. The molecule has 1 nitrogen and oxygen atoms in total. The van der Waals surface area contributed by atoms with Crippen LogP contribution in [0.5, 0.6) is 0 Å². The fourth-order valence-corrected chi connectivity index (χ4v) is 2.31. The van der Waals surface area contributed by atoms with Crippen molar-refractivity contribution in [2.24, 2.45) is 5.73 Å². The van der Waals surface area contributed by atoms with E-state index in [4.69, 9.17) is 5.73 Å². The fourth-order valence-electron chi connectivity index (χ4n) is 2.05. The van der Waals surface area contributed by atoms with Crippen molar-refractivity contribution in [2.75, 3.05) is 0 Å². The minimum atomic E-state index is 0.881. The summed E-state index contributed by atoms with van der Waals surface area (Å²) in [5.41, 5.74) is 10.5. The number of rotatable bonds is 1. The molecule has 0 aliphatic heterocycles. The predicted octanol–water partition coefficient (Wildman–Crippen LogP) is 5.63. The number of nitrogens with two attached hydrogens (primary N) is 1. The maximum absolute atomic E-state index is 6.06. The van der Waals surface area contributed by atoms with Crippen LogP contribution in [0.25, 0.3) is 5.70 Å². The van der Waals surface area contributed by atoms with Gasteiger partial charge in [-0.15, -0.1) is 0 Å². The van der Waals surface area contributed by atoms with Gasteiger partial charge in [-0.1, -0.05) is 88.3 Å². The zero-order chi connectivity index (χ0) is 15.8. The van der Waals surface area contributed by atoms with E-state index in [1.54, 1.807) is 0 Å². The third kappa shape index (κ3) is 5.05. The van der Waals surface area contributed by atoms with Gasteiger partial charge in [-0.05, 0) is 36.6 Å². The summed E-state index contributed by atoms with van der Waals surface area (Å²) in [7, 11) is 0. The van der Waals surface area contributed by atoms with Gasteiger partial charge in [0.1, 0.15) is 0 Å². The fraction of sp³-hybridized carbons (Fsp3) is 0.100. The molecule has 2 heteroatoms. The third-order valence-corrected chi connectivity index (χ3v) is 3.85. The van der Waals surface area contributed by atoms with Gasteiger partial charge < -0.3 is 5.73 Å². The van der Waals surface area contributed by atoms with E-state index >= 15 is 0 Å². The molecule has 2 aromatic carbocycles. The largest absolute Gasteiger partial charge is 0.398 e. The van der Waals surface area contributed by atoms with E-state index in [1.165, 1.54) is 11.1 Å². The highest BCUT2D eigenvalue weighted by atomic mass is 79.9. The van der Waals surface area contributed by atoms with Crippen molar-refractivity contribution < 1.29 is 0 Å². The number of hydrogen-bond acceptors (Lipinski definition) is 1. The van der Waals surface area contributed by atoms with Crippen LogP contribution in [0.4, 0.5) is 0 Å². The van der Waals surface area contributed by atoms with Crippen molar-refractivity contribution in [1.29, 1.82) is 0 Å². The first-order valence-corrected chi connectivity index (χ1v) is 8.05. The summed E-state index contributed by atoms with van der Waals surface area (Å²) < 4.78 is 1.14. The molecule has 1 aliphatic rings. The second-order valence-electron chi connectivity index (χ2n) is 5.09. The first-order valence-electron chi connectivity index (χ1n) is 7.26. The second kappa shape index (κ2) is 8.40. The van der Waals surface area contributed by atoms with Gasteiger partial charge in [0.25, 0.3) is 0 Å². The van der Waals surface area contributed by atoms with Crippen LogP contribution in [-0.4, -0.2) is 0 Å². The average molecular weight is 354 g/mol. The lowest BCUT2D eigenvalue weighted by Crippen LogP contribution is -2.00. The summed E-state index contributed by atoms with van der Waals surface area (Å²) in [6.07, 6.45) is 9.18. The smallest absolute Gasteiger partial charge is 0.0423 e. The van der Waals surface area contributed by atoms with E-state index in [0.29, 0.717) is 0 Å². The highest BCUT2D eigenvalue weighted by molar-refractivity contribution is 9.10. The molecule has 0 bridgehead atoms. The monoisotopic (exact) mass is 353 g/mol. The molecular weight excluding hydrogens is 334 g/mol. The Morgan fingerprint density at radius 1 is 0.955 bits per heavy atom. The molecule has 0 aromatic heterocycles. The van der Waals surface area contributed by atoms with Gasteiger partial charge in [-0.25, -0.2) is 0 Å². The highest BCUT2D eigenvalue weighted by Crippen LogP contribution is 2.19. The molecule has 0 spiro atoms. The Hall–Kier alpha value is -2.06. The molecular formula is C20H20BrN. The van der Waals surface area contributed by atoms with Gasteiger partial charge in [0.2, 0.25) is 0 Å². The van der Waals surface area contributed by atoms with Gasteiger partial charge in [0, 0.05) is 10.2 Å². The molecule has 2 aromatic rings. The lowest BCUT2D eigenvalue weighted by molar-refractivity contribution is 1.25. The molecule has 1 aliphatic carbocycles. The van der Waals surface area contributed by atoms with E-state index in [0.717, 1.165) is 22.2 Å². The first kappa shape index (κ1) is 16.3. The van der Waals surface area contributed by atoms with Crippen molar-refractivity contribution >= 4 is 21.6 Å². The molecule has 0 heterocycles. The number of halogens is 1. The molecule has 22 heavy (non-hydrogen) atoms. The van der Waals surface area contributed by atoms with Crippen LogP contribution in [0.15, 0.2) is 88.9 Å². The van der Waals surface area contributed by atoms with Crippen molar-refractivity contribution in [3.63, 3.8) is 0 Å². The van der Waals surface area contributed by atoms with Gasteiger partial charge in [-0.2, -0.15) is 0 Å². The molecule has 0 radical (unpaired) electrons. The second-order valence-corrected chi connectivity index (χ2v) is 6.01. The molecule has 112 valence electrons. The lowest BCUT2D eigenvalue weighted by atomic mass is 10.0. The predicted molar refractivity (Wildman–Crippen MR) is 99.3 cm³/mol. The molecule has 2 N–H and O–H groups in total. The van der Waals surface area contributed by atoms with E-state index < -0.39 is 0 Å². The van der Waals surface area contributed by atoms with Gasteiger partial charge in [-0.3, -0.25) is 0 Å². The Morgan fingerprint density at radius 3 is 2.18 bits per heavy atom. The topological polar surface area (TPSA) is 26.0 Å². The summed E-state index contributed by atoms with van der Waals surface area (Å²) in [5.74, 6) is 0. The molecule has 0 unspecified atom stereocenters. The Bertz CT molecular complexity index is 658. The van der Waals surface area contributed by atoms with Crippen LogP contribution in [0.2, 0.25) is 0 Å². The highest BCUT2D eigenvalue weighted by Gasteiger charge is 2.02. The zero-order valence-electron chi connectivity index (χ0n) is 12.7. The van der Waals surface area contributed by atoms with Crippen LogP contribution in [-0.2, 0) is 0 Å². The van der Waals surface area contributed by atoms with Crippen molar-refractivity contribution in [2.45, 2.75) is 13.3 Å². The minimum Gasteiger partial charge on any atom is -0.398 e. The van der Waals surface area contributed by atoms with Crippen molar-refractivity contribution in [3.05, 3.63) is 100 Å². The van der Waals surface area contributed by atoms with Crippen LogP contribution < -0.4 is 5.73 Å². The zero-order valence-corrected chi connectivity index (χ0v) is 14.3. The number of aryl methyl sites for hydroxylation is 1. The number of benzene rings is 2. The van der Waals surface area contributed by atoms with Gasteiger partial charge in [0.15, 0.2) is 0 Å². The van der Waals surface area contributed by atoms with Gasteiger partial charge >= 0.3 is 0 Å². The molecule has 0 fully saturated rings. The van der Waals surface area contributed by atoms with Gasteiger partial charge in [0.05, 0.1) is 0 Å². The van der Waals surface area contributed by atoms with E-state index in [1.807, 2.05) is 54.6 Å². The Kier molecular flexibility index (Phi) is 6.23. The maximum atomic E-state index is 6.06. The number of hydrogen-bond donors (Lipinski definition) is 1. The van der Waals surface area contributed by atoms with Crippen molar-refractivity contribution in [1.82, 2.24) is 0 Å². The Balaban J connectivity index is 0.000000188. The van der Waals surface area contributed by atoms with E-state index in [-0.39, 0.29) is 0 Å². The minimum absolute atomic E-state index is 0.881. The van der Waals surface area contributed by atoms with Crippen LogP contribution >= 0.6 is 15.9 Å². The van der Waals surface area contributed by atoms with E-state index in [9.17, 15) is 0 Å². The molecule has 3 rings (SSSR count). The van der Waals surface area contributed by atoms with Crippen LogP contribution in [0.1, 0.15) is 17.5 Å². The standard InChI is InChI=1S/C13H13N.C7H7Br/c14-13(11-7-3-1-4-8-11)12-9-5-2-6-10-12;1-6-2-4-7(8)5-3-6/h1-9H,10,14H2;2-5H,1H3/b13-12-;. The molecule has 0 saturated heterocycles. The quantitative estimate of drug-likeness (QED) is 0.706. The van der Waals surface area contributed by atoms with E-state index in [2.05, 4.69) is 47.1 Å². The SMILES string of the molecule is Cc1ccc(Br)cc1.N/C(=C1/C=CC=CC1)c1ccccc1. The molecule has 0 amide bonds. The summed E-state index contributed by atoms with van der Waals surface area (Å²) >= 11 is 3.35.